The van der Waals surface area contributed by atoms with Crippen LogP contribution in [0.15, 0.2) is 48.5 Å². The molecule has 0 heterocycles. The van der Waals surface area contributed by atoms with Crippen LogP contribution in [0.4, 0.5) is 5.69 Å². The molecule has 2 aromatic carbocycles. The highest BCUT2D eigenvalue weighted by Crippen LogP contribution is 2.31. The summed E-state index contributed by atoms with van der Waals surface area (Å²) in [5, 5.41) is 3.13. The van der Waals surface area contributed by atoms with Gasteiger partial charge in [0, 0.05) is 22.3 Å². The van der Waals surface area contributed by atoms with Crippen molar-refractivity contribution in [3.63, 3.8) is 0 Å². The highest BCUT2D eigenvalue weighted by atomic mass is 35.5. The van der Waals surface area contributed by atoms with Gasteiger partial charge in [-0.05, 0) is 37.3 Å². The Morgan fingerprint density at radius 3 is 2.52 bits per heavy atom. The van der Waals surface area contributed by atoms with Gasteiger partial charge in [-0.3, -0.25) is 4.79 Å². The maximum absolute atomic E-state index is 12.1. The number of esters is 1. The van der Waals surface area contributed by atoms with Crippen molar-refractivity contribution in [1.82, 2.24) is 0 Å². The van der Waals surface area contributed by atoms with E-state index >= 15 is 0 Å². The SMILES string of the molecule is COc1cccc(/C=C/C(=O)O[C@@H](C)C(=O)Nc2cccc(Cl)c2)c1OC. The molecule has 0 aliphatic rings. The van der Waals surface area contributed by atoms with Crippen LogP contribution in [-0.4, -0.2) is 32.2 Å². The number of hydrogen-bond donors (Lipinski definition) is 1. The third-order valence-electron chi connectivity index (χ3n) is 3.59. The van der Waals surface area contributed by atoms with Crippen molar-refractivity contribution in [1.29, 1.82) is 0 Å². The second kappa shape index (κ2) is 9.64. The Kier molecular flexibility index (Phi) is 7.25. The van der Waals surface area contributed by atoms with Crippen molar-refractivity contribution in [2.75, 3.05) is 19.5 Å². The van der Waals surface area contributed by atoms with E-state index in [2.05, 4.69) is 5.32 Å². The lowest BCUT2D eigenvalue weighted by atomic mass is 10.1. The van der Waals surface area contributed by atoms with E-state index in [4.69, 9.17) is 25.8 Å². The molecule has 2 aromatic rings. The van der Waals surface area contributed by atoms with Crippen LogP contribution in [0.3, 0.4) is 0 Å². The second-order valence-corrected chi connectivity index (χ2v) is 5.93. The molecule has 142 valence electrons. The molecule has 0 aliphatic carbocycles. The number of amides is 1. The molecule has 1 amide bonds. The zero-order chi connectivity index (χ0) is 19.8. The standard InChI is InChI=1S/C20H20ClNO5/c1-13(20(24)22-16-8-5-7-15(21)12-16)27-18(23)11-10-14-6-4-9-17(25-2)19(14)26-3/h4-13H,1-3H3,(H,22,24)/b11-10+/t13-/m0/s1. The van der Waals surface area contributed by atoms with Crippen molar-refractivity contribution >= 4 is 35.2 Å². The first kappa shape index (κ1) is 20.3. The molecule has 0 spiro atoms. The largest absolute Gasteiger partial charge is 0.493 e. The van der Waals surface area contributed by atoms with Gasteiger partial charge in [0.1, 0.15) is 0 Å². The van der Waals surface area contributed by atoms with Gasteiger partial charge >= 0.3 is 5.97 Å². The Balaban J connectivity index is 1.98. The highest BCUT2D eigenvalue weighted by molar-refractivity contribution is 6.30. The highest BCUT2D eigenvalue weighted by Gasteiger charge is 2.17. The molecule has 0 saturated carbocycles. The third-order valence-corrected chi connectivity index (χ3v) is 3.82. The Hall–Kier alpha value is -2.99. The van der Waals surface area contributed by atoms with Crippen molar-refractivity contribution < 1.29 is 23.8 Å². The van der Waals surface area contributed by atoms with Gasteiger partial charge < -0.3 is 19.5 Å². The van der Waals surface area contributed by atoms with Gasteiger partial charge in [0.15, 0.2) is 17.6 Å². The lowest BCUT2D eigenvalue weighted by Gasteiger charge is -2.13. The van der Waals surface area contributed by atoms with Crippen LogP contribution in [0.5, 0.6) is 11.5 Å². The fourth-order valence-electron chi connectivity index (χ4n) is 2.28. The first-order valence-corrected chi connectivity index (χ1v) is 8.48. The van der Waals surface area contributed by atoms with E-state index in [0.29, 0.717) is 27.8 Å². The van der Waals surface area contributed by atoms with Crippen LogP contribution in [0.25, 0.3) is 6.08 Å². The smallest absolute Gasteiger partial charge is 0.331 e. The number of para-hydroxylation sites is 1. The Morgan fingerprint density at radius 1 is 1.11 bits per heavy atom. The van der Waals surface area contributed by atoms with Gasteiger partial charge in [-0.1, -0.05) is 29.8 Å². The first-order chi connectivity index (χ1) is 12.9. The Labute approximate surface area is 162 Å². The summed E-state index contributed by atoms with van der Waals surface area (Å²) >= 11 is 5.87. The molecule has 0 aliphatic heterocycles. The number of benzene rings is 2. The van der Waals surface area contributed by atoms with Crippen LogP contribution in [0.2, 0.25) is 5.02 Å². The van der Waals surface area contributed by atoms with Gasteiger partial charge in [-0.15, -0.1) is 0 Å². The molecule has 0 radical (unpaired) electrons. The number of ether oxygens (including phenoxy) is 3. The van der Waals surface area contributed by atoms with Crippen LogP contribution < -0.4 is 14.8 Å². The summed E-state index contributed by atoms with van der Waals surface area (Å²) in [7, 11) is 3.04. The van der Waals surface area contributed by atoms with Crippen LogP contribution in [0.1, 0.15) is 12.5 Å². The van der Waals surface area contributed by atoms with Crippen molar-refractivity contribution in [2.24, 2.45) is 0 Å². The van der Waals surface area contributed by atoms with Gasteiger partial charge in [-0.25, -0.2) is 4.79 Å². The van der Waals surface area contributed by atoms with E-state index in [9.17, 15) is 9.59 Å². The molecule has 2 rings (SSSR count). The van der Waals surface area contributed by atoms with Crippen molar-refractivity contribution in [3.8, 4) is 11.5 Å². The average Bonchev–Trinajstić information content (AvgIpc) is 2.65. The summed E-state index contributed by atoms with van der Waals surface area (Å²) in [6, 6.07) is 12.0. The minimum absolute atomic E-state index is 0.460. The summed E-state index contributed by atoms with van der Waals surface area (Å²) in [4.78, 5) is 24.1. The molecule has 6 nitrogen and oxygen atoms in total. The van der Waals surface area contributed by atoms with Crippen LogP contribution >= 0.6 is 11.6 Å². The number of nitrogens with one attached hydrogen (secondary N) is 1. The molecule has 27 heavy (non-hydrogen) atoms. The summed E-state index contributed by atoms with van der Waals surface area (Å²) in [6.07, 6.45) is 1.78. The van der Waals surface area contributed by atoms with E-state index in [-0.39, 0.29) is 0 Å². The molecule has 1 N–H and O–H groups in total. The number of anilines is 1. The maximum Gasteiger partial charge on any atom is 0.331 e. The zero-order valence-electron chi connectivity index (χ0n) is 15.2. The second-order valence-electron chi connectivity index (χ2n) is 5.49. The Bertz CT molecular complexity index is 850. The minimum Gasteiger partial charge on any atom is -0.493 e. The van der Waals surface area contributed by atoms with E-state index in [1.807, 2.05) is 0 Å². The van der Waals surface area contributed by atoms with Gasteiger partial charge in [-0.2, -0.15) is 0 Å². The van der Waals surface area contributed by atoms with E-state index < -0.39 is 18.0 Å². The molecular weight excluding hydrogens is 370 g/mol. The number of halogens is 1. The number of carbonyl (C=O) groups is 2. The average molecular weight is 390 g/mol. The predicted molar refractivity (Wildman–Crippen MR) is 104 cm³/mol. The molecule has 0 aromatic heterocycles. The number of methoxy groups -OCH3 is 2. The van der Waals surface area contributed by atoms with Gasteiger partial charge in [0.2, 0.25) is 0 Å². The number of hydrogen-bond acceptors (Lipinski definition) is 5. The number of carbonyl (C=O) groups excluding carboxylic acids is 2. The predicted octanol–water partition coefficient (Wildman–Crippen LogP) is 3.94. The lowest BCUT2D eigenvalue weighted by molar-refractivity contribution is -0.148. The topological polar surface area (TPSA) is 73.9 Å². The van der Waals surface area contributed by atoms with E-state index in [1.165, 1.54) is 33.3 Å². The fraction of sp³-hybridized carbons (Fsp3) is 0.200. The first-order valence-electron chi connectivity index (χ1n) is 8.10. The normalized spacial score (nSPS) is 11.7. The fourth-order valence-corrected chi connectivity index (χ4v) is 2.47. The third kappa shape index (κ3) is 5.76. The Morgan fingerprint density at radius 2 is 1.85 bits per heavy atom. The molecule has 0 unspecified atom stereocenters. The molecule has 0 fully saturated rings. The quantitative estimate of drug-likeness (QED) is 0.573. The molecule has 0 bridgehead atoms. The van der Waals surface area contributed by atoms with Gasteiger partial charge in [0.25, 0.3) is 5.91 Å². The molecule has 0 saturated heterocycles. The maximum atomic E-state index is 12.1. The molecule has 7 heteroatoms. The van der Waals surface area contributed by atoms with Gasteiger partial charge in [0.05, 0.1) is 14.2 Å². The summed E-state index contributed by atoms with van der Waals surface area (Å²) in [5.41, 5.74) is 1.16. The van der Waals surface area contributed by atoms with E-state index in [1.54, 1.807) is 42.5 Å². The lowest BCUT2D eigenvalue weighted by Crippen LogP contribution is -2.29. The number of rotatable bonds is 7. The monoisotopic (exact) mass is 389 g/mol. The van der Waals surface area contributed by atoms with Crippen molar-refractivity contribution in [2.45, 2.75) is 13.0 Å². The molecular formula is C20H20ClNO5. The summed E-state index contributed by atoms with van der Waals surface area (Å²) in [5.74, 6) is -0.0790. The molecule has 1 atom stereocenters. The van der Waals surface area contributed by atoms with E-state index in [0.717, 1.165) is 0 Å². The summed E-state index contributed by atoms with van der Waals surface area (Å²) < 4.78 is 15.6. The van der Waals surface area contributed by atoms with Crippen LogP contribution in [0, 0.1) is 0 Å². The van der Waals surface area contributed by atoms with Crippen molar-refractivity contribution in [3.05, 3.63) is 59.1 Å². The van der Waals surface area contributed by atoms with Crippen LogP contribution in [-0.2, 0) is 14.3 Å². The minimum atomic E-state index is -0.978. The zero-order valence-corrected chi connectivity index (χ0v) is 15.9. The summed E-state index contributed by atoms with van der Waals surface area (Å²) in [6.45, 7) is 1.48.